The van der Waals surface area contributed by atoms with Gasteiger partial charge in [0.1, 0.15) is 0 Å². The molecule has 0 atom stereocenters. The quantitative estimate of drug-likeness (QED) is 0.785. The smallest absolute Gasteiger partial charge is 0.0534 e. The summed E-state index contributed by atoms with van der Waals surface area (Å²) in [5, 5.41) is 7.77. The number of piperidine rings is 1. The molecule has 84 valence electrons. The Hall–Kier alpha value is -0.870. The van der Waals surface area contributed by atoms with Gasteiger partial charge < -0.3 is 10.2 Å². The van der Waals surface area contributed by atoms with Crippen molar-refractivity contribution in [3.05, 3.63) is 18.5 Å². The van der Waals surface area contributed by atoms with Gasteiger partial charge >= 0.3 is 0 Å². The lowest BCUT2D eigenvalue weighted by atomic mass is 10.1. The predicted octanol–water partition coefficient (Wildman–Crippen LogP) is 0.567. The average Bonchev–Trinajstić information content (AvgIpc) is 2.74. The molecular formula is C11H20N4. The zero-order chi connectivity index (χ0) is 10.5. The summed E-state index contributed by atoms with van der Waals surface area (Å²) in [4.78, 5) is 2.39. The normalized spacial score (nSPS) is 19.5. The van der Waals surface area contributed by atoms with Crippen molar-refractivity contribution in [2.45, 2.75) is 25.4 Å². The molecule has 4 nitrogen and oxygen atoms in total. The molecule has 0 amide bonds. The molecular weight excluding hydrogens is 188 g/mol. The standard InChI is InChI=1S/C11H20N4/c1-14-8-3-11(4-9-14)12-6-10-15-7-2-5-13-15/h2,5,7,11-12H,3-4,6,8-10H2,1H3. The lowest BCUT2D eigenvalue weighted by molar-refractivity contribution is 0.233. The second-order valence-electron chi connectivity index (χ2n) is 4.30. The van der Waals surface area contributed by atoms with Crippen LogP contribution in [0.4, 0.5) is 0 Å². The number of likely N-dealkylation sites (tertiary alicyclic amines) is 1. The molecule has 1 N–H and O–H groups in total. The Bertz CT molecular complexity index is 262. The van der Waals surface area contributed by atoms with Gasteiger partial charge in [0.15, 0.2) is 0 Å². The van der Waals surface area contributed by atoms with Crippen LogP contribution in [0, 0.1) is 0 Å². The maximum absolute atomic E-state index is 4.18. The average molecular weight is 208 g/mol. The number of nitrogens with one attached hydrogen (secondary N) is 1. The first-order chi connectivity index (χ1) is 7.34. The van der Waals surface area contributed by atoms with Crippen LogP contribution in [0.5, 0.6) is 0 Å². The monoisotopic (exact) mass is 208 g/mol. The van der Waals surface area contributed by atoms with E-state index in [1.165, 1.54) is 25.9 Å². The van der Waals surface area contributed by atoms with E-state index in [1.54, 1.807) is 0 Å². The minimum Gasteiger partial charge on any atom is -0.312 e. The van der Waals surface area contributed by atoms with Gasteiger partial charge in [0.2, 0.25) is 0 Å². The summed E-state index contributed by atoms with van der Waals surface area (Å²) in [5.74, 6) is 0. The molecule has 0 unspecified atom stereocenters. The topological polar surface area (TPSA) is 33.1 Å². The molecule has 0 aromatic carbocycles. The van der Waals surface area contributed by atoms with Gasteiger partial charge in [0.05, 0.1) is 6.54 Å². The fraction of sp³-hybridized carbons (Fsp3) is 0.727. The van der Waals surface area contributed by atoms with Gasteiger partial charge in [0.25, 0.3) is 0 Å². The first-order valence-electron chi connectivity index (χ1n) is 5.74. The Kier molecular flexibility index (Phi) is 3.75. The molecule has 0 radical (unpaired) electrons. The lowest BCUT2D eigenvalue weighted by Gasteiger charge is -2.29. The highest BCUT2D eigenvalue weighted by atomic mass is 15.3. The summed E-state index contributed by atoms with van der Waals surface area (Å²) < 4.78 is 1.97. The Morgan fingerprint density at radius 3 is 2.87 bits per heavy atom. The first-order valence-corrected chi connectivity index (χ1v) is 5.74. The number of rotatable bonds is 4. The molecule has 1 aromatic rings. The van der Waals surface area contributed by atoms with Gasteiger partial charge in [-0.1, -0.05) is 0 Å². The van der Waals surface area contributed by atoms with Crippen LogP contribution in [-0.4, -0.2) is 47.4 Å². The summed E-state index contributed by atoms with van der Waals surface area (Å²) in [7, 11) is 2.19. The summed E-state index contributed by atoms with van der Waals surface area (Å²) in [5.41, 5.74) is 0. The van der Waals surface area contributed by atoms with Crippen LogP contribution >= 0.6 is 0 Å². The van der Waals surface area contributed by atoms with Gasteiger partial charge in [-0.25, -0.2) is 0 Å². The molecule has 1 aliphatic heterocycles. The van der Waals surface area contributed by atoms with Crippen LogP contribution in [0.3, 0.4) is 0 Å². The number of hydrogen-bond acceptors (Lipinski definition) is 3. The minimum absolute atomic E-state index is 0.705. The summed E-state index contributed by atoms with van der Waals surface area (Å²) in [6, 6.07) is 2.67. The molecule has 0 aliphatic carbocycles. The highest BCUT2D eigenvalue weighted by Gasteiger charge is 2.15. The Morgan fingerprint density at radius 2 is 2.20 bits per heavy atom. The number of nitrogens with zero attached hydrogens (tertiary/aromatic N) is 3. The van der Waals surface area contributed by atoms with E-state index in [0.717, 1.165) is 13.1 Å². The third-order valence-corrected chi connectivity index (χ3v) is 3.05. The van der Waals surface area contributed by atoms with Gasteiger partial charge in [0, 0.05) is 25.0 Å². The second-order valence-corrected chi connectivity index (χ2v) is 4.30. The van der Waals surface area contributed by atoms with Crippen molar-refractivity contribution in [3.63, 3.8) is 0 Å². The Labute approximate surface area is 91.3 Å². The van der Waals surface area contributed by atoms with Crippen molar-refractivity contribution in [3.8, 4) is 0 Å². The van der Waals surface area contributed by atoms with Crippen LogP contribution in [-0.2, 0) is 6.54 Å². The third kappa shape index (κ3) is 3.32. The lowest BCUT2D eigenvalue weighted by Crippen LogP contribution is -2.41. The van der Waals surface area contributed by atoms with Gasteiger partial charge in [-0.3, -0.25) is 4.68 Å². The molecule has 1 aliphatic rings. The van der Waals surface area contributed by atoms with E-state index >= 15 is 0 Å². The Morgan fingerprint density at radius 1 is 1.40 bits per heavy atom. The summed E-state index contributed by atoms with van der Waals surface area (Å²) >= 11 is 0. The van der Waals surface area contributed by atoms with Crippen LogP contribution in [0.2, 0.25) is 0 Å². The molecule has 4 heteroatoms. The van der Waals surface area contributed by atoms with E-state index in [-0.39, 0.29) is 0 Å². The van der Waals surface area contributed by atoms with Gasteiger partial charge in [-0.05, 0) is 39.0 Å². The van der Waals surface area contributed by atoms with Gasteiger partial charge in [-0.2, -0.15) is 5.10 Å². The van der Waals surface area contributed by atoms with E-state index in [1.807, 2.05) is 23.1 Å². The Balaban J connectivity index is 1.62. The largest absolute Gasteiger partial charge is 0.312 e. The van der Waals surface area contributed by atoms with E-state index in [4.69, 9.17) is 0 Å². The third-order valence-electron chi connectivity index (χ3n) is 3.05. The molecule has 0 saturated carbocycles. The summed E-state index contributed by atoms with van der Waals surface area (Å²) in [6.45, 7) is 4.44. The van der Waals surface area contributed by atoms with Crippen molar-refractivity contribution in [1.29, 1.82) is 0 Å². The van der Waals surface area contributed by atoms with E-state index in [9.17, 15) is 0 Å². The summed E-state index contributed by atoms with van der Waals surface area (Å²) in [6.07, 6.45) is 6.39. The maximum atomic E-state index is 4.18. The highest BCUT2D eigenvalue weighted by Crippen LogP contribution is 2.07. The van der Waals surface area contributed by atoms with Crippen molar-refractivity contribution >= 4 is 0 Å². The SMILES string of the molecule is CN1CCC(NCCn2cccn2)CC1. The molecule has 0 bridgehead atoms. The predicted molar refractivity (Wildman–Crippen MR) is 60.7 cm³/mol. The zero-order valence-corrected chi connectivity index (χ0v) is 9.39. The van der Waals surface area contributed by atoms with Gasteiger partial charge in [-0.15, -0.1) is 0 Å². The van der Waals surface area contributed by atoms with Crippen molar-refractivity contribution in [2.24, 2.45) is 0 Å². The molecule has 1 aromatic heterocycles. The van der Waals surface area contributed by atoms with Crippen LogP contribution < -0.4 is 5.32 Å². The van der Waals surface area contributed by atoms with E-state index in [0.29, 0.717) is 6.04 Å². The zero-order valence-electron chi connectivity index (χ0n) is 9.39. The number of aromatic nitrogens is 2. The highest BCUT2D eigenvalue weighted by molar-refractivity contribution is 4.79. The molecule has 15 heavy (non-hydrogen) atoms. The van der Waals surface area contributed by atoms with E-state index < -0.39 is 0 Å². The molecule has 1 saturated heterocycles. The molecule has 2 rings (SSSR count). The maximum Gasteiger partial charge on any atom is 0.0534 e. The van der Waals surface area contributed by atoms with Crippen molar-refractivity contribution < 1.29 is 0 Å². The fourth-order valence-corrected chi connectivity index (χ4v) is 2.03. The van der Waals surface area contributed by atoms with Crippen LogP contribution in [0.15, 0.2) is 18.5 Å². The molecule has 0 spiro atoms. The number of hydrogen-bond donors (Lipinski definition) is 1. The van der Waals surface area contributed by atoms with Crippen LogP contribution in [0.1, 0.15) is 12.8 Å². The van der Waals surface area contributed by atoms with Crippen molar-refractivity contribution in [2.75, 3.05) is 26.7 Å². The van der Waals surface area contributed by atoms with Crippen LogP contribution in [0.25, 0.3) is 0 Å². The van der Waals surface area contributed by atoms with E-state index in [2.05, 4.69) is 22.4 Å². The molecule has 2 heterocycles. The minimum atomic E-state index is 0.705. The fourth-order valence-electron chi connectivity index (χ4n) is 2.03. The first kappa shape index (κ1) is 10.6. The second kappa shape index (κ2) is 5.28. The van der Waals surface area contributed by atoms with Crippen molar-refractivity contribution in [1.82, 2.24) is 20.0 Å². The molecule has 1 fully saturated rings.